The van der Waals surface area contributed by atoms with Gasteiger partial charge in [-0.05, 0) is 38.7 Å². The molecule has 1 unspecified atom stereocenters. The van der Waals surface area contributed by atoms with E-state index >= 15 is 0 Å². The molecular formula is C25H27N9O4. The molecule has 38 heavy (non-hydrogen) atoms. The third-order valence-corrected chi connectivity index (χ3v) is 7.65. The number of pyridine rings is 1. The number of fused-ring (bicyclic) bond motifs is 3. The van der Waals surface area contributed by atoms with Crippen LogP contribution in [0, 0.1) is 0 Å². The molecule has 2 fully saturated rings. The van der Waals surface area contributed by atoms with Crippen molar-refractivity contribution in [1.29, 1.82) is 0 Å². The molecule has 0 spiro atoms. The van der Waals surface area contributed by atoms with E-state index in [1.807, 2.05) is 4.90 Å². The van der Waals surface area contributed by atoms with Gasteiger partial charge in [-0.3, -0.25) is 14.6 Å². The summed E-state index contributed by atoms with van der Waals surface area (Å²) in [6.45, 7) is 1.04. The zero-order chi connectivity index (χ0) is 26.6. The molecule has 2 bridgehead atoms. The van der Waals surface area contributed by atoms with E-state index in [1.54, 1.807) is 24.5 Å². The van der Waals surface area contributed by atoms with Crippen molar-refractivity contribution in [3.63, 3.8) is 0 Å². The first kappa shape index (κ1) is 24.1. The molecule has 2 aliphatic heterocycles. The summed E-state index contributed by atoms with van der Waals surface area (Å²) < 4.78 is 1.46. The maximum atomic E-state index is 13.1. The Kier molecular flexibility index (Phi) is 5.88. The van der Waals surface area contributed by atoms with Crippen LogP contribution in [0.1, 0.15) is 77.0 Å². The number of amides is 1. The standard InChI is InChI=1S/C25H27N9O4/c1-12(36)20-21(14-6-15-3-4-16(7-14)33(15)25(38)23-28-11-29-32-23)31-24-17(9-30-34(24)22(20)26)13-2-5-18(27-8-13)19(37)10-35/h2,5,8-9,11,14-16,19,35,37H,3-4,6-7,10,26H2,1H3,(H,28,29,32)/t14-,15-,16+,19?. The summed E-state index contributed by atoms with van der Waals surface area (Å²) in [6.07, 6.45) is 6.56. The monoisotopic (exact) mass is 517 g/mol. The average molecular weight is 518 g/mol. The number of aromatic amines is 1. The lowest BCUT2D eigenvalue weighted by molar-refractivity contribution is 0.0556. The molecule has 196 valence electrons. The molecule has 4 aromatic heterocycles. The molecule has 0 saturated carbocycles. The minimum absolute atomic E-state index is 0.00510. The Hall–Kier alpha value is -4.23. The number of hydrogen-bond acceptors (Lipinski definition) is 10. The summed E-state index contributed by atoms with van der Waals surface area (Å²) in [7, 11) is 0. The maximum Gasteiger partial charge on any atom is 0.292 e. The van der Waals surface area contributed by atoms with Crippen molar-refractivity contribution >= 4 is 23.2 Å². The Morgan fingerprint density at radius 1 is 1.21 bits per heavy atom. The molecular weight excluding hydrogens is 490 g/mol. The quantitative estimate of drug-likeness (QED) is 0.271. The van der Waals surface area contributed by atoms with E-state index in [9.17, 15) is 19.8 Å². The highest BCUT2D eigenvalue weighted by molar-refractivity contribution is 6.00. The van der Waals surface area contributed by atoms with Crippen molar-refractivity contribution in [2.24, 2.45) is 0 Å². The van der Waals surface area contributed by atoms with Gasteiger partial charge in [-0.25, -0.2) is 4.98 Å². The molecule has 0 aromatic carbocycles. The largest absolute Gasteiger partial charge is 0.393 e. The van der Waals surface area contributed by atoms with Gasteiger partial charge in [0.15, 0.2) is 11.4 Å². The molecule has 5 N–H and O–H groups in total. The normalized spacial score (nSPS) is 21.7. The van der Waals surface area contributed by atoms with E-state index in [1.165, 1.54) is 17.8 Å². The first-order chi connectivity index (χ1) is 18.4. The Bertz CT molecular complexity index is 1500. The van der Waals surface area contributed by atoms with Crippen molar-refractivity contribution in [1.82, 2.24) is 39.7 Å². The zero-order valence-corrected chi connectivity index (χ0v) is 20.7. The zero-order valence-electron chi connectivity index (χ0n) is 20.7. The second-order valence-corrected chi connectivity index (χ2v) is 9.88. The highest BCUT2D eigenvalue weighted by Crippen LogP contribution is 2.45. The second kappa shape index (κ2) is 9.26. The number of aliphatic hydroxyl groups excluding tert-OH is 2. The van der Waals surface area contributed by atoms with Gasteiger partial charge in [0.05, 0.1) is 29.8 Å². The minimum atomic E-state index is -1.07. The van der Waals surface area contributed by atoms with Crippen LogP contribution in [0.4, 0.5) is 5.82 Å². The molecule has 6 rings (SSSR count). The number of rotatable bonds is 6. The van der Waals surface area contributed by atoms with Gasteiger partial charge in [0.2, 0.25) is 5.82 Å². The molecule has 4 aromatic rings. The number of carbonyl (C=O) groups is 2. The molecule has 4 atom stereocenters. The lowest BCUT2D eigenvalue weighted by atomic mass is 9.85. The number of aromatic nitrogens is 7. The van der Waals surface area contributed by atoms with Gasteiger partial charge in [0.1, 0.15) is 18.2 Å². The Morgan fingerprint density at radius 2 is 1.97 bits per heavy atom. The number of H-pyrrole nitrogens is 1. The Balaban J connectivity index is 1.38. The van der Waals surface area contributed by atoms with Crippen LogP contribution in [0.15, 0.2) is 30.9 Å². The third kappa shape index (κ3) is 3.82. The number of Topliss-reactive ketones (excluding diaryl/α,β-unsaturated/α-hetero) is 1. The van der Waals surface area contributed by atoms with Crippen molar-refractivity contribution in [3.8, 4) is 11.1 Å². The molecule has 1 amide bonds. The minimum Gasteiger partial charge on any atom is -0.393 e. The van der Waals surface area contributed by atoms with E-state index in [4.69, 9.17) is 10.7 Å². The number of hydrogen-bond donors (Lipinski definition) is 4. The fourth-order valence-electron chi connectivity index (χ4n) is 5.91. The number of piperidine rings is 1. The third-order valence-electron chi connectivity index (χ3n) is 7.65. The average Bonchev–Trinajstić information content (AvgIpc) is 3.66. The molecule has 2 saturated heterocycles. The molecule has 0 aliphatic carbocycles. The molecule has 0 radical (unpaired) electrons. The predicted octanol–water partition coefficient (Wildman–Crippen LogP) is 1.27. The van der Waals surface area contributed by atoms with Crippen LogP contribution in [0.25, 0.3) is 16.8 Å². The first-order valence-electron chi connectivity index (χ1n) is 12.5. The van der Waals surface area contributed by atoms with Crippen LogP contribution in [0.3, 0.4) is 0 Å². The summed E-state index contributed by atoms with van der Waals surface area (Å²) in [5.74, 6) is 0.0181. The number of nitrogens with two attached hydrogens (primary N) is 1. The highest BCUT2D eigenvalue weighted by Gasteiger charge is 2.45. The van der Waals surface area contributed by atoms with Crippen LogP contribution in [0.5, 0.6) is 0 Å². The predicted molar refractivity (Wildman–Crippen MR) is 134 cm³/mol. The Morgan fingerprint density at radius 3 is 2.58 bits per heavy atom. The van der Waals surface area contributed by atoms with Crippen LogP contribution in [0.2, 0.25) is 0 Å². The van der Waals surface area contributed by atoms with Gasteiger partial charge in [0, 0.05) is 35.3 Å². The summed E-state index contributed by atoms with van der Waals surface area (Å²) in [4.78, 5) is 39.8. The number of ketones is 1. The van der Waals surface area contributed by atoms with E-state index < -0.39 is 12.7 Å². The van der Waals surface area contributed by atoms with Gasteiger partial charge in [-0.15, -0.1) is 10.2 Å². The summed E-state index contributed by atoms with van der Waals surface area (Å²) in [6, 6.07) is 3.39. The van der Waals surface area contributed by atoms with Crippen LogP contribution >= 0.6 is 0 Å². The summed E-state index contributed by atoms with van der Waals surface area (Å²) >= 11 is 0. The number of nitrogens with one attached hydrogen (secondary N) is 1. The first-order valence-corrected chi connectivity index (χ1v) is 12.5. The van der Waals surface area contributed by atoms with Crippen molar-refractivity contribution in [2.45, 2.75) is 56.7 Å². The molecule has 13 nitrogen and oxygen atoms in total. The summed E-state index contributed by atoms with van der Waals surface area (Å²) in [5.41, 5.74) is 9.69. The van der Waals surface area contributed by atoms with E-state index in [0.29, 0.717) is 46.6 Å². The number of aliphatic hydroxyl groups is 2. The highest BCUT2D eigenvalue weighted by atomic mass is 16.3. The maximum absolute atomic E-state index is 13.1. The lowest BCUT2D eigenvalue weighted by Crippen LogP contribution is -2.46. The Labute approximate surface area is 216 Å². The molecule has 6 heterocycles. The number of carbonyl (C=O) groups excluding carboxylic acids is 2. The van der Waals surface area contributed by atoms with E-state index in [2.05, 4.69) is 25.3 Å². The van der Waals surface area contributed by atoms with Gasteiger partial charge in [-0.2, -0.15) is 9.61 Å². The number of nitrogen functional groups attached to an aromatic ring is 1. The van der Waals surface area contributed by atoms with Gasteiger partial charge in [0.25, 0.3) is 5.91 Å². The SMILES string of the molecule is CC(=O)c1c([C@@H]2C[C@H]3CC[C@@H](C2)N3C(=O)c2nnc[nH]2)nc2c(-c3ccc(C(O)CO)nc3)cnn2c1N. The van der Waals surface area contributed by atoms with Crippen molar-refractivity contribution in [2.75, 3.05) is 12.3 Å². The topological polar surface area (TPSA) is 189 Å². The van der Waals surface area contributed by atoms with Gasteiger partial charge < -0.3 is 25.8 Å². The van der Waals surface area contributed by atoms with Crippen LogP contribution in [-0.2, 0) is 0 Å². The van der Waals surface area contributed by atoms with Crippen LogP contribution < -0.4 is 5.73 Å². The van der Waals surface area contributed by atoms with Gasteiger partial charge >= 0.3 is 0 Å². The van der Waals surface area contributed by atoms with E-state index in [0.717, 1.165) is 12.8 Å². The van der Waals surface area contributed by atoms with E-state index in [-0.39, 0.29) is 41.3 Å². The fraction of sp³-hybridized carbons (Fsp3) is 0.400. The molecule has 13 heteroatoms. The fourth-order valence-corrected chi connectivity index (χ4v) is 5.91. The number of nitrogens with zero attached hydrogens (tertiary/aromatic N) is 7. The summed E-state index contributed by atoms with van der Waals surface area (Å²) in [5, 5.41) is 31.1. The van der Waals surface area contributed by atoms with Crippen molar-refractivity contribution < 1.29 is 19.8 Å². The van der Waals surface area contributed by atoms with Crippen molar-refractivity contribution in [3.05, 3.63) is 53.6 Å². The molecule has 2 aliphatic rings. The van der Waals surface area contributed by atoms with Crippen LogP contribution in [-0.4, -0.2) is 80.3 Å². The lowest BCUT2D eigenvalue weighted by Gasteiger charge is -2.38. The van der Waals surface area contributed by atoms with Gasteiger partial charge in [-0.1, -0.05) is 6.07 Å². The number of anilines is 1. The smallest absolute Gasteiger partial charge is 0.292 e. The second-order valence-electron chi connectivity index (χ2n) is 9.88.